The molecule has 0 unspecified atom stereocenters. The molecule has 1 amide bonds. The predicted molar refractivity (Wildman–Crippen MR) is 83.8 cm³/mol. The van der Waals surface area contributed by atoms with Gasteiger partial charge in [0.15, 0.2) is 0 Å². The largest absolute Gasteiger partial charge is 0.314 e. The quantitative estimate of drug-likeness (QED) is 0.904. The molecule has 0 aliphatic carbocycles. The van der Waals surface area contributed by atoms with Crippen LogP contribution in [-0.2, 0) is 4.79 Å². The van der Waals surface area contributed by atoms with Gasteiger partial charge in [-0.15, -0.1) is 0 Å². The molecule has 0 aliphatic heterocycles. The van der Waals surface area contributed by atoms with E-state index >= 15 is 0 Å². The molecule has 104 valence electrons. The zero-order valence-corrected chi connectivity index (χ0v) is 12.0. The minimum Gasteiger partial charge on any atom is -0.314 e. The van der Waals surface area contributed by atoms with Crippen molar-refractivity contribution in [2.45, 2.75) is 6.92 Å². The summed E-state index contributed by atoms with van der Waals surface area (Å²) in [5, 5.41) is 3.04. The number of likely N-dealkylation sites (N-methyl/N-ethyl adjacent to an activating group) is 2. The first-order valence-electron chi connectivity index (χ1n) is 6.85. The number of hydrogen-bond donors (Lipinski definition) is 1. The third-order valence-corrected chi connectivity index (χ3v) is 3.26. The van der Waals surface area contributed by atoms with Gasteiger partial charge in [-0.1, -0.05) is 49.4 Å². The van der Waals surface area contributed by atoms with Gasteiger partial charge in [0.2, 0.25) is 5.91 Å². The van der Waals surface area contributed by atoms with Gasteiger partial charge in [-0.05, 0) is 29.8 Å². The smallest absolute Gasteiger partial charge is 0.240 e. The highest BCUT2D eigenvalue weighted by Gasteiger charge is 2.09. The van der Waals surface area contributed by atoms with Crippen LogP contribution in [0.2, 0.25) is 0 Å². The third kappa shape index (κ3) is 3.45. The molecule has 0 fully saturated rings. The average molecular weight is 268 g/mol. The molecular formula is C17H20N2O. The number of hydrogen-bond acceptors (Lipinski definition) is 2. The van der Waals surface area contributed by atoms with Gasteiger partial charge in [-0.2, -0.15) is 0 Å². The topological polar surface area (TPSA) is 32.3 Å². The molecule has 2 rings (SSSR count). The Hall–Kier alpha value is -2.13. The first kappa shape index (κ1) is 14.3. The van der Waals surface area contributed by atoms with Crippen LogP contribution in [0.5, 0.6) is 0 Å². The van der Waals surface area contributed by atoms with E-state index < -0.39 is 0 Å². The number of anilines is 1. The predicted octanol–water partition coefficient (Wildman–Crippen LogP) is 2.93. The second kappa shape index (κ2) is 6.87. The van der Waals surface area contributed by atoms with E-state index in [1.165, 1.54) is 5.56 Å². The Morgan fingerprint density at radius 1 is 1.00 bits per heavy atom. The van der Waals surface area contributed by atoms with Gasteiger partial charge in [0.1, 0.15) is 0 Å². The summed E-state index contributed by atoms with van der Waals surface area (Å²) in [5.74, 6) is 0.0688. The van der Waals surface area contributed by atoms with E-state index in [1.807, 2.05) is 49.4 Å². The molecule has 0 bridgehead atoms. The molecule has 0 spiro atoms. The average Bonchev–Trinajstić information content (AvgIpc) is 2.53. The summed E-state index contributed by atoms with van der Waals surface area (Å²) in [5.41, 5.74) is 3.25. The molecule has 3 nitrogen and oxygen atoms in total. The second-order valence-electron chi connectivity index (χ2n) is 4.65. The second-order valence-corrected chi connectivity index (χ2v) is 4.65. The van der Waals surface area contributed by atoms with Gasteiger partial charge in [0.25, 0.3) is 0 Å². The van der Waals surface area contributed by atoms with Crippen molar-refractivity contribution in [2.75, 3.05) is 25.0 Å². The van der Waals surface area contributed by atoms with Crippen molar-refractivity contribution in [3.05, 3.63) is 54.6 Å². The van der Waals surface area contributed by atoms with E-state index in [0.29, 0.717) is 6.54 Å². The van der Waals surface area contributed by atoms with Crippen LogP contribution in [-0.4, -0.2) is 26.0 Å². The molecule has 0 saturated heterocycles. The maximum absolute atomic E-state index is 11.9. The summed E-state index contributed by atoms with van der Waals surface area (Å²) in [6.45, 7) is 3.15. The molecule has 0 aromatic heterocycles. The van der Waals surface area contributed by atoms with Crippen molar-refractivity contribution in [3.63, 3.8) is 0 Å². The Morgan fingerprint density at radius 2 is 1.60 bits per heavy atom. The monoisotopic (exact) mass is 268 g/mol. The lowest BCUT2D eigenvalue weighted by molar-refractivity contribution is -0.117. The Morgan fingerprint density at radius 3 is 2.20 bits per heavy atom. The van der Waals surface area contributed by atoms with Crippen molar-refractivity contribution < 1.29 is 4.79 Å². The van der Waals surface area contributed by atoms with E-state index in [-0.39, 0.29) is 5.91 Å². The van der Waals surface area contributed by atoms with Crippen LogP contribution in [0.3, 0.4) is 0 Å². The number of rotatable bonds is 5. The molecule has 0 aliphatic rings. The first-order chi connectivity index (χ1) is 9.72. The van der Waals surface area contributed by atoms with Gasteiger partial charge in [0, 0.05) is 12.7 Å². The van der Waals surface area contributed by atoms with E-state index in [4.69, 9.17) is 0 Å². The van der Waals surface area contributed by atoms with Crippen LogP contribution in [0.15, 0.2) is 54.6 Å². The molecule has 2 aromatic rings. The van der Waals surface area contributed by atoms with Crippen molar-refractivity contribution in [2.24, 2.45) is 0 Å². The highest BCUT2D eigenvalue weighted by atomic mass is 16.2. The summed E-state index contributed by atoms with van der Waals surface area (Å²) in [6, 6.07) is 18.3. The SMILES string of the molecule is CCNCC(=O)N(C)c1ccc(-c2ccccc2)cc1. The Bertz CT molecular complexity index is 549. The van der Waals surface area contributed by atoms with Crippen molar-refractivity contribution in [1.82, 2.24) is 5.32 Å². The number of carbonyl (C=O) groups is 1. The zero-order chi connectivity index (χ0) is 14.4. The zero-order valence-electron chi connectivity index (χ0n) is 12.0. The molecule has 1 N–H and O–H groups in total. The summed E-state index contributed by atoms with van der Waals surface area (Å²) in [7, 11) is 1.80. The standard InChI is InChI=1S/C17H20N2O/c1-3-18-13-17(20)19(2)16-11-9-15(10-12-16)14-7-5-4-6-8-14/h4-12,18H,3,13H2,1-2H3. The minimum absolute atomic E-state index is 0.0688. The van der Waals surface area contributed by atoms with Crippen LogP contribution in [0.4, 0.5) is 5.69 Å². The number of amides is 1. The minimum atomic E-state index is 0.0688. The van der Waals surface area contributed by atoms with Crippen LogP contribution >= 0.6 is 0 Å². The fourth-order valence-electron chi connectivity index (χ4n) is 2.00. The van der Waals surface area contributed by atoms with E-state index in [9.17, 15) is 4.79 Å². The fourth-order valence-corrected chi connectivity index (χ4v) is 2.00. The Kier molecular flexibility index (Phi) is 4.91. The summed E-state index contributed by atoms with van der Waals surface area (Å²) in [6.07, 6.45) is 0. The molecule has 3 heteroatoms. The molecule has 0 atom stereocenters. The lowest BCUT2D eigenvalue weighted by Crippen LogP contribution is -2.35. The Labute approximate surface area is 120 Å². The van der Waals surface area contributed by atoms with Crippen LogP contribution in [0.1, 0.15) is 6.92 Å². The van der Waals surface area contributed by atoms with Crippen molar-refractivity contribution >= 4 is 11.6 Å². The van der Waals surface area contributed by atoms with Gasteiger partial charge in [0.05, 0.1) is 6.54 Å². The normalized spacial score (nSPS) is 10.3. The first-order valence-corrected chi connectivity index (χ1v) is 6.85. The summed E-state index contributed by atoms with van der Waals surface area (Å²) in [4.78, 5) is 13.6. The van der Waals surface area contributed by atoms with Crippen LogP contribution in [0, 0.1) is 0 Å². The third-order valence-electron chi connectivity index (χ3n) is 3.26. The lowest BCUT2D eigenvalue weighted by Gasteiger charge is -2.18. The van der Waals surface area contributed by atoms with Crippen molar-refractivity contribution in [1.29, 1.82) is 0 Å². The number of nitrogens with one attached hydrogen (secondary N) is 1. The summed E-state index contributed by atoms with van der Waals surface area (Å²) < 4.78 is 0. The highest BCUT2D eigenvalue weighted by Crippen LogP contribution is 2.22. The van der Waals surface area contributed by atoms with E-state index in [2.05, 4.69) is 17.4 Å². The highest BCUT2D eigenvalue weighted by molar-refractivity contribution is 5.94. The molecule has 20 heavy (non-hydrogen) atoms. The maximum atomic E-state index is 11.9. The molecule has 2 aromatic carbocycles. The van der Waals surface area contributed by atoms with E-state index in [1.54, 1.807) is 11.9 Å². The van der Waals surface area contributed by atoms with Gasteiger partial charge in [-0.3, -0.25) is 4.79 Å². The maximum Gasteiger partial charge on any atom is 0.240 e. The molecule has 0 saturated carbocycles. The van der Waals surface area contributed by atoms with Gasteiger partial charge >= 0.3 is 0 Å². The lowest BCUT2D eigenvalue weighted by atomic mass is 10.1. The van der Waals surface area contributed by atoms with Gasteiger partial charge in [-0.25, -0.2) is 0 Å². The summed E-state index contributed by atoms with van der Waals surface area (Å²) >= 11 is 0. The number of carbonyl (C=O) groups excluding carboxylic acids is 1. The van der Waals surface area contributed by atoms with Gasteiger partial charge < -0.3 is 10.2 Å². The fraction of sp³-hybridized carbons (Fsp3) is 0.235. The van der Waals surface area contributed by atoms with E-state index in [0.717, 1.165) is 17.8 Å². The molecular weight excluding hydrogens is 248 g/mol. The number of benzene rings is 2. The molecule has 0 radical (unpaired) electrons. The van der Waals surface area contributed by atoms with Crippen LogP contribution < -0.4 is 10.2 Å². The Balaban J connectivity index is 2.10. The molecule has 0 heterocycles. The van der Waals surface area contributed by atoms with Crippen LogP contribution in [0.25, 0.3) is 11.1 Å². The number of nitrogens with zero attached hydrogens (tertiary/aromatic N) is 1. The van der Waals surface area contributed by atoms with Crippen molar-refractivity contribution in [3.8, 4) is 11.1 Å².